The number of aromatic nitrogens is 2. The van der Waals surface area contributed by atoms with Crippen LogP contribution in [0.15, 0.2) is 36.7 Å². The molecule has 86 valence electrons. The van der Waals surface area contributed by atoms with Gasteiger partial charge in [0.1, 0.15) is 0 Å². The number of nitro groups is 1. The lowest BCUT2D eigenvalue weighted by Crippen LogP contribution is -1.97. The number of methoxy groups -OCH3 is 1. The van der Waals surface area contributed by atoms with Crippen LogP contribution in [0, 0.1) is 10.1 Å². The Bertz CT molecular complexity index is 543. The van der Waals surface area contributed by atoms with E-state index in [2.05, 4.69) is 9.97 Å². The van der Waals surface area contributed by atoms with Crippen molar-refractivity contribution >= 4 is 5.69 Å². The standard InChI is InChI=1S/C11H9N3O3/c1-17-11-10(14(15)16)5-4-9(13-11)8-3-2-6-12-7-8/h2-7H,1H3. The van der Waals surface area contributed by atoms with Crippen molar-refractivity contribution in [1.29, 1.82) is 0 Å². The van der Waals surface area contributed by atoms with E-state index in [0.717, 1.165) is 5.56 Å². The highest BCUT2D eigenvalue weighted by Gasteiger charge is 2.16. The van der Waals surface area contributed by atoms with Crippen molar-refractivity contribution in [2.45, 2.75) is 0 Å². The second kappa shape index (κ2) is 4.56. The number of ether oxygens (including phenoxy) is 1. The Labute approximate surface area is 97.1 Å². The molecule has 0 N–H and O–H groups in total. The molecule has 0 aliphatic carbocycles. The van der Waals surface area contributed by atoms with E-state index in [0.29, 0.717) is 5.69 Å². The van der Waals surface area contributed by atoms with Crippen LogP contribution in [-0.2, 0) is 0 Å². The normalized spacial score (nSPS) is 9.94. The molecule has 0 aromatic carbocycles. The molecule has 0 unspecified atom stereocenters. The van der Waals surface area contributed by atoms with Gasteiger partial charge in [-0.25, -0.2) is 4.98 Å². The van der Waals surface area contributed by atoms with Crippen LogP contribution in [-0.4, -0.2) is 22.0 Å². The zero-order valence-corrected chi connectivity index (χ0v) is 9.03. The van der Waals surface area contributed by atoms with Gasteiger partial charge in [0, 0.05) is 24.0 Å². The Morgan fingerprint density at radius 3 is 2.76 bits per heavy atom. The van der Waals surface area contributed by atoms with E-state index in [1.807, 2.05) is 6.07 Å². The number of hydrogen-bond acceptors (Lipinski definition) is 5. The molecule has 2 aromatic heterocycles. The lowest BCUT2D eigenvalue weighted by atomic mass is 10.2. The maximum absolute atomic E-state index is 10.7. The Kier molecular flexibility index (Phi) is 2.95. The van der Waals surface area contributed by atoms with E-state index in [1.54, 1.807) is 24.5 Å². The highest BCUT2D eigenvalue weighted by atomic mass is 16.6. The van der Waals surface area contributed by atoms with Crippen LogP contribution >= 0.6 is 0 Å². The van der Waals surface area contributed by atoms with Gasteiger partial charge in [-0.05, 0) is 18.2 Å². The largest absolute Gasteiger partial charge is 0.476 e. The first-order chi connectivity index (χ1) is 8.22. The third-order valence-electron chi connectivity index (χ3n) is 2.19. The average molecular weight is 231 g/mol. The maximum Gasteiger partial charge on any atom is 0.330 e. The SMILES string of the molecule is COc1nc(-c2cccnc2)ccc1[N+](=O)[O-]. The van der Waals surface area contributed by atoms with Gasteiger partial charge in [-0.15, -0.1) is 0 Å². The molecule has 0 aliphatic rings. The average Bonchev–Trinajstić information content (AvgIpc) is 2.39. The molecule has 6 nitrogen and oxygen atoms in total. The minimum absolute atomic E-state index is 0.00338. The Morgan fingerprint density at radius 1 is 1.35 bits per heavy atom. The molecular weight excluding hydrogens is 222 g/mol. The molecule has 0 radical (unpaired) electrons. The van der Waals surface area contributed by atoms with Crippen molar-refractivity contribution in [3.05, 3.63) is 46.8 Å². The molecule has 0 saturated heterocycles. The zero-order valence-electron chi connectivity index (χ0n) is 9.03. The molecule has 2 aromatic rings. The molecule has 0 amide bonds. The minimum atomic E-state index is -0.529. The minimum Gasteiger partial charge on any atom is -0.476 e. The van der Waals surface area contributed by atoms with Gasteiger partial charge in [-0.3, -0.25) is 15.1 Å². The maximum atomic E-state index is 10.7. The fourth-order valence-electron chi connectivity index (χ4n) is 1.40. The first kappa shape index (κ1) is 11.0. The van der Waals surface area contributed by atoms with E-state index in [9.17, 15) is 10.1 Å². The summed E-state index contributed by atoms with van der Waals surface area (Å²) in [6.45, 7) is 0. The summed E-state index contributed by atoms with van der Waals surface area (Å²) in [7, 11) is 1.35. The van der Waals surface area contributed by atoms with Crippen molar-refractivity contribution in [2.24, 2.45) is 0 Å². The van der Waals surface area contributed by atoms with Crippen LogP contribution in [0.5, 0.6) is 5.88 Å². The van der Waals surface area contributed by atoms with Crippen LogP contribution in [0.3, 0.4) is 0 Å². The van der Waals surface area contributed by atoms with Crippen LogP contribution < -0.4 is 4.74 Å². The zero-order chi connectivity index (χ0) is 12.3. The second-order valence-electron chi connectivity index (χ2n) is 3.22. The second-order valence-corrected chi connectivity index (χ2v) is 3.22. The molecule has 0 saturated carbocycles. The highest BCUT2D eigenvalue weighted by molar-refractivity contribution is 5.61. The molecule has 0 aliphatic heterocycles. The molecule has 0 spiro atoms. The van der Waals surface area contributed by atoms with Gasteiger partial charge in [0.2, 0.25) is 0 Å². The molecule has 17 heavy (non-hydrogen) atoms. The van der Waals surface area contributed by atoms with E-state index >= 15 is 0 Å². The smallest absolute Gasteiger partial charge is 0.330 e. The molecule has 0 fully saturated rings. The van der Waals surface area contributed by atoms with Gasteiger partial charge >= 0.3 is 5.69 Å². The summed E-state index contributed by atoms with van der Waals surface area (Å²) in [4.78, 5) is 18.2. The summed E-state index contributed by atoms with van der Waals surface area (Å²) in [6, 6.07) is 6.53. The van der Waals surface area contributed by atoms with Gasteiger partial charge in [0.05, 0.1) is 17.7 Å². The fraction of sp³-hybridized carbons (Fsp3) is 0.0909. The Balaban J connectivity index is 2.49. The Hall–Kier alpha value is -2.50. The van der Waals surface area contributed by atoms with E-state index < -0.39 is 4.92 Å². The highest BCUT2D eigenvalue weighted by Crippen LogP contribution is 2.27. The lowest BCUT2D eigenvalue weighted by molar-refractivity contribution is -0.386. The summed E-state index contributed by atoms with van der Waals surface area (Å²) in [5.41, 5.74) is 1.21. The van der Waals surface area contributed by atoms with E-state index in [1.165, 1.54) is 13.2 Å². The van der Waals surface area contributed by atoms with Crippen molar-refractivity contribution < 1.29 is 9.66 Å². The monoisotopic (exact) mass is 231 g/mol. The summed E-state index contributed by atoms with van der Waals surface area (Å²) in [5.74, 6) is -0.00338. The Morgan fingerprint density at radius 2 is 2.18 bits per heavy atom. The third kappa shape index (κ3) is 2.20. The van der Waals surface area contributed by atoms with Crippen LogP contribution in [0.1, 0.15) is 0 Å². The van der Waals surface area contributed by atoms with Crippen LogP contribution in [0.25, 0.3) is 11.3 Å². The number of nitrogens with zero attached hydrogens (tertiary/aromatic N) is 3. The molecule has 2 heterocycles. The van der Waals surface area contributed by atoms with Crippen LogP contribution in [0.4, 0.5) is 5.69 Å². The molecule has 6 heteroatoms. The number of rotatable bonds is 3. The molecule has 2 rings (SSSR count). The van der Waals surface area contributed by atoms with E-state index in [-0.39, 0.29) is 11.6 Å². The van der Waals surface area contributed by atoms with Crippen LogP contribution in [0.2, 0.25) is 0 Å². The third-order valence-corrected chi connectivity index (χ3v) is 2.19. The van der Waals surface area contributed by atoms with E-state index in [4.69, 9.17) is 4.74 Å². The quantitative estimate of drug-likeness (QED) is 0.596. The topological polar surface area (TPSA) is 78.2 Å². The summed E-state index contributed by atoms with van der Waals surface area (Å²) >= 11 is 0. The molecular formula is C11H9N3O3. The predicted molar refractivity (Wildman–Crippen MR) is 60.7 cm³/mol. The van der Waals surface area contributed by atoms with Gasteiger partial charge < -0.3 is 4.74 Å². The number of hydrogen-bond donors (Lipinski definition) is 0. The molecule has 0 atom stereocenters. The lowest BCUT2D eigenvalue weighted by Gasteiger charge is -2.03. The first-order valence-electron chi connectivity index (χ1n) is 4.82. The summed E-state index contributed by atoms with van der Waals surface area (Å²) in [6.07, 6.45) is 3.28. The van der Waals surface area contributed by atoms with Crippen molar-refractivity contribution in [2.75, 3.05) is 7.11 Å². The summed E-state index contributed by atoms with van der Waals surface area (Å²) < 4.78 is 4.90. The van der Waals surface area contributed by atoms with Crippen molar-refractivity contribution in [3.63, 3.8) is 0 Å². The molecule has 0 bridgehead atoms. The van der Waals surface area contributed by atoms with Gasteiger partial charge in [0.15, 0.2) is 0 Å². The van der Waals surface area contributed by atoms with Crippen molar-refractivity contribution in [1.82, 2.24) is 9.97 Å². The predicted octanol–water partition coefficient (Wildman–Crippen LogP) is 2.06. The summed E-state index contributed by atoms with van der Waals surface area (Å²) in [5, 5.41) is 10.7. The number of pyridine rings is 2. The van der Waals surface area contributed by atoms with Gasteiger partial charge in [-0.2, -0.15) is 0 Å². The van der Waals surface area contributed by atoms with Gasteiger partial charge in [-0.1, -0.05) is 0 Å². The van der Waals surface area contributed by atoms with Gasteiger partial charge in [0.25, 0.3) is 5.88 Å². The van der Waals surface area contributed by atoms with Crippen molar-refractivity contribution in [3.8, 4) is 17.1 Å². The first-order valence-corrected chi connectivity index (χ1v) is 4.82. The fourth-order valence-corrected chi connectivity index (χ4v) is 1.40.